The van der Waals surface area contributed by atoms with Crippen LogP contribution in [0, 0.1) is 0 Å². The molecule has 4 nitrogen and oxygen atoms in total. The molecule has 0 aromatic heterocycles. The van der Waals surface area contributed by atoms with E-state index in [1.807, 2.05) is 36.2 Å². The van der Waals surface area contributed by atoms with Crippen LogP contribution in [0.1, 0.15) is 5.56 Å². The highest BCUT2D eigenvalue weighted by atomic mass is 79.9. The third kappa shape index (κ3) is 4.83. The van der Waals surface area contributed by atoms with E-state index in [1.54, 1.807) is 0 Å². The number of nitrogens with zero attached hydrogens (tertiary/aromatic N) is 3. The Morgan fingerprint density at radius 1 is 1.00 bits per heavy atom. The minimum Gasteiger partial charge on any atom is -0.368 e. The van der Waals surface area contributed by atoms with Gasteiger partial charge >= 0.3 is 0 Å². The van der Waals surface area contributed by atoms with Crippen molar-refractivity contribution in [3.8, 4) is 0 Å². The van der Waals surface area contributed by atoms with E-state index in [-0.39, 0.29) is 5.91 Å². The maximum absolute atomic E-state index is 12.6. The number of piperazine rings is 1. The topological polar surface area (TPSA) is 26.8 Å². The molecule has 3 rings (SSSR count). The van der Waals surface area contributed by atoms with Crippen LogP contribution in [0.25, 0.3) is 0 Å². The summed E-state index contributed by atoms with van der Waals surface area (Å²) in [4.78, 5) is 19.0. The lowest BCUT2D eigenvalue weighted by Crippen LogP contribution is -2.51. The van der Waals surface area contributed by atoms with Crippen LogP contribution in [0.15, 0.2) is 59.1 Å². The minimum atomic E-state index is 0.210. The quantitative estimate of drug-likeness (QED) is 0.769. The van der Waals surface area contributed by atoms with E-state index >= 15 is 0 Å². The molecule has 0 spiro atoms. The van der Waals surface area contributed by atoms with Crippen molar-refractivity contribution in [2.45, 2.75) is 6.54 Å². The molecule has 0 unspecified atom stereocenters. The first-order valence-corrected chi connectivity index (χ1v) is 9.42. The summed E-state index contributed by atoms with van der Waals surface area (Å²) in [6.07, 6.45) is 0. The Bertz CT molecular complexity index is 699. The van der Waals surface area contributed by atoms with Crippen molar-refractivity contribution in [1.29, 1.82) is 0 Å². The Morgan fingerprint density at radius 2 is 1.64 bits per heavy atom. The van der Waals surface area contributed by atoms with Gasteiger partial charge in [-0.25, -0.2) is 0 Å². The number of likely N-dealkylation sites (N-methyl/N-ethyl adjacent to an activating group) is 1. The first kappa shape index (κ1) is 18.0. The van der Waals surface area contributed by atoms with E-state index in [1.165, 1.54) is 11.3 Å². The fourth-order valence-electron chi connectivity index (χ4n) is 3.16. The van der Waals surface area contributed by atoms with Crippen LogP contribution in [0.2, 0.25) is 0 Å². The van der Waals surface area contributed by atoms with Crippen molar-refractivity contribution in [2.75, 3.05) is 44.7 Å². The van der Waals surface area contributed by atoms with Crippen LogP contribution in [0.5, 0.6) is 0 Å². The lowest BCUT2D eigenvalue weighted by molar-refractivity contribution is -0.132. The van der Waals surface area contributed by atoms with Crippen LogP contribution < -0.4 is 4.90 Å². The molecule has 1 amide bonds. The minimum absolute atomic E-state index is 0.210. The summed E-state index contributed by atoms with van der Waals surface area (Å²) in [5.74, 6) is 0.210. The fraction of sp³-hybridized carbons (Fsp3) is 0.350. The predicted molar refractivity (Wildman–Crippen MR) is 106 cm³/mol. The Hall–Kier alpha value is -1.85. The average molecular weight is 402 g/mol. The molecular formula is C20H24BrN3O. The lowest BCUT2D eigenvalue weighted by atomic mass is 10.2. The van der Waals surface area contributed by atoms with Crippen LogP contribution in [-0.4, -0.2) is 55.5 Å². The van der Waals surface area contributed by atoms with Gasteiger partial charge in [-0.15, -0.1) is 0 Å². The zero-order chi connectivity index (χ0) is 17.6. The average Bonchev–Trinajstić information content (AvgIpc) is 2.64. The van der Waals surface area contributed by atoms with Gasteiger partial charge in [0.2, 0.25) is 5.91 Å². The van der Waals surface area contributed by atoms with Crippen LogP contribution in [0.4, 0.5) is 5.69 Å². The van der Waals surface area contributed by atoms with Crippen LogP contribution in [0.3, 0.4) is 0 Å². The molecule has 0 saturated carbocycles. The van der Waals surface area contributed by atoms with Gasteiger partial charge in [0.05, 0.1) is 6.54 Å². The Balaban J connectivity index is 1.48. The van der Waals surface area contributed by atoms with Gasteiger partial charge in [-0.05, 0) is 30.8 Å². The van der Waals surface area contributed by atoms with E-state index < -0.39 is 0 Å². The summed E-state index contributed by atoms with van der Waals surface area (Å²) in [5.41, 5.74) is 2.44. The second kappa shape index (κ2) is 8.50. The number of carbonyl (C=O) groups excluding carboxylic acids is 1. The Labute approximate surface area is 158 Å². The zero-order valence-corrected chi connectivity index (χ0v) is 16.2. The maximum Gasteiger partial charge on any atom is 0.236 e. The van der Waals surface area contributed by atoms with Crippen molar-refractivity contribution in [1.82, 2.24) is 9.80 Å². The molecule has 25 heavy (non-hydrogen) atoms. The van der Waals surface area contributed by atoms with Gasteiger partial charge in [0.1, 0.15) is 0 Å². The third-order valence-corrected chi connectivity index (χ3v) is 5.33. The molecule has 0 radical (unpaired) electrons. The summed E-state index contributed by atoms with van der Waals surface area (Å²) in [6.45, 7) is 4.57. The smallest absolute Gasteiger partial charge is 0.236 e. The molecule has 0 aliphatic carbocycles. The molecule has 1 saturated heterocycles. The fourth-order valence-corrected chi connectivity index (χ4v) is 3.57. The van der Waals surface area contributed by atoms with Gasteiger partial charge in [0, 0.05) is 42.9 Å². The lowest BCUT2D eigenvalue weighted by Gasteiger charge is -2.36. The number of para-hydroxylation sites is 1. The first-order chi connectivity index (χ1) is 12.1. The van der Waals surface area contributed by atoms with E-state index in [4.69, 9.17) is 0 Å². The number of amides is 1. The van der Waals surface area contributed by atoms with E-state index in [0.717, 1.165) is 37.2 Å². The summed E-state index contributed by atoms with van der Waals surface area (Å²) >= 11 is 3.57. The number of hydrogen-bond acceptors (Lipinski definition) is 3. The van der Waals surface area contributed by atoms with Gasteiger partial charge < -0.3 is 9.80 Å². The molecular weight excluding hydrogens is 378 g/mol. The van der Waals surface area contributed by atoms with E-state index in [2.05, 4.69) is 56.1 Å². The SMILES string of the molecule is CN(CC(=O)N1CCN(c2ccccc2)CC1)Cc1ccccc1Br. The number of halogens is 1. The van der Waals surface area contributed by atoms with Gasteiger partial charge in [-0.2, -0.15) is 0 Å². The van der Waals surface area contributed by atoms with Gasteiger partial charge in [0.15, 0.2) is 0 Å². The van der Waals surface area contributed by atoms with Crippen molar-refractivity contribution in [2.24, 2.45) is 0 Å². The normalized spacial score (nSPS) is 14.8. The summed E-state index contributed by atoms with van der Waals surface area (Å²) < 4.78 is 1.09. The number of anilines is 1. The molecule has 2 aromatic rings. The summed E-state index contributed by atoms with van der Waals surface area (Å²) in [7, 11) is 2.00. The van der Waals surface area contributed by atoms with Crippen molar-refractivity contribution >= 4 is 27.5 Å². The largest absolute Gasteiger partial charge is 0.368 e. The van der Waals surface area contributed by atoms with Crippen molar-refractivity contribution in [3.63, 3.8) is 0 Å². The van der Waals surface area contributed by atoms with E-state index in [9.17, 15) is 4.79 Å². The Kier molecular flexibility index (Phi) is 6.10. The standard InChI is InChI=1S/C20H24BrN3O/c1-22(15-17-7-5-6-10-19(17)21)16-20(25)24-13-11-23(12-14-24)18-8-3-2-4-9-18/h2-10H,11-16H2,1H3. The molecule has 1 fully saturated rings. The first-order valence-electron chi connectivity index (χ1n) is 8.63. The second-order valence-corrected chi connectivity index (χ2v) is 7.32. The molecule has 0 N–H and O–H groups in total. The molecule has 1 aliphatic heterocycles. The predicted octanol–water partition coefficient (Wildman–Crippen LogP) is 3.23. The van der Waals surface area contributed by atoms with E-state index in [0.29, 0.717) is 6.54 Å². The molecule has 1 heterocycles. The van der Waals surface area contributed by atoms with Crippen LogP contribution in [-0.2, 0) is 11.3 Å². The highest BCUT2D eigenvalue weighted by Gasteiger charge is 2.22. The molecule has 0 atom stereocenters. The molecule has 2 aromatic carbocycles. The van der Waals surface area contributed by atoms with Gasteiger partial charge in [-0.3, -0.25) is 9.69 Å². The number of carbonyl (C=O) groups is 1. The second-order valence-electron chi connectivity index (χ2n) is 6.47. The monoisotopic (exact) mass is 401 g/mol. The zero-order valence-electron chi connectivity index (χ0n) is 14.6. The van der Waals surface area contributed by atoms with Crippen molar-refractivity contribution in [3.05, 3.63) is 64.6 Å². The van der Waals surface area contributed by atoms with Gasteiger partial charge in [-0.1, -0.05) is 52.3 Å². The summed E-state index contributed by atoms with van der Waals surface area (Å²) in [5, 5.41) is 0. The Morgan fingerprint density at radius 3 is 2.32 bits per heavy atom. The maximum atomic E-state index is 12.6. The molecule has 1 aliphatic rings. The molecule has 5 heteroatoms. The third-order valence-electron chi connectivity index (χ3n) is 4.56. The van der Waals surface area contributed by atoms with Crippen LogP contribution >= 0.6 is 15.9 Å². The molecule has 132 valence electrons. The van der Waals surface area contributed by atoms with Gasteiger partial charge in [0.25, 0.3) is 0 Å². The highest BCUT2D eigenvalue weighted by molar-refractivity contribution is 9.10. The molecule has 0 bridgehead atoms. The highest BCUT2D eigenvalue weighted by Crippen LogP contribution is 2.18. The van der Waals surface area contributed by atoms with Crippen molar-refractivity contribution < 1.29 is 4.79 Å². The summed E-state index contributed by atoms with van der Waals surface area (Å²) in [6, 6.07) is 18.6. The number of hydrogen-bond donors (Lipinski definition) is 0. The number of benzene rings is 2. The number of rotatable bonds is 5.